The van der Waals surface area contributed by atoms with Gasteiger partial charge in [0, 0.05) is 13.7 Å². The number of unbranched alkanes of at least 4 members (excludes halogenated alkanes) is 4. The van der Waals surface area contributed by atoms with Gasteiger partial charge in [-0.05, 0) is 74.5 Å². The molecule has 3 heteroatoms. The van der Waals surface area contributed by atoms with Crippen LogP contribution in [0, 0.1) is 0 Å². The first-order chi connectivity index (χ1) is 21.8. The fourth-order valence-corrected chi connectivity index (χ4v) is 5.52. The van der Waals surface area contributed by atoms with Crippen molar-refractivity contribution in [1.82, 2.24) is 0 Å². The molecule has 0 fully saturated rings. The van der Waals surface area contributed by atoms with E-state index in [1.54, 1.807) is 7.11 Å². The molecule has 0 aromatic heterocycles. The lowest BCUT2D eigenvalue weighted by atomic mass is 9.80. The van der Waals surface area contributed by atoms with E-state index in [1.165, 1.54) is 25.7 Å². The summed E-state index contributed by atoms with van der Waals surface area (Å²) in [6, 6.07) is 31.8. The van der Waals surface area contributed by atoms with Crippen molar-refractivity contribution in [1.29, 1.82) is 0 Å². The first-order valence-corrected chi connectivity index (χ1v) is 16.7. The van der Waals surface area contributed by atoms with Gasteiger partial charge in [0.1, 0.15) is 12.4 Å². The van der Waals surface area contributed by atoms with Crippen LogP contribution in [0.5, 0.6) is 0 Å². The fraction of sp³-hybridized carbons (Fsp3) is 0.415. The van der Waals surface area contributed by atoms with Crippen molar-refractivity contribution in [2.24, 2.45) is 0 Å². The normalized spacial score (nSPS) is 13.0. The summed E-state index contributed by atoms with van der Waals surface area (Å²) in [5.74, 6) is 0. The third kappa shape index (κ3) is 12.4. The summed E-state index contributed by atoms with van der Waals surface area (Å²) >= 11 is 0. The molecule has 3 aromatic rings. The zero-order chi connectivity index (χ0) is 31.0. The highest BCUT2D eigenvalue weighted by Gasteiger charge is 2.37. The number of hydrogen-bond acceptors (Lipinski definition) is 3. The van der Waals surface area contributed by atoms with Crippen LogP contribution in [0.4, 0.5) is 0 Å². The van der Waals surface area contributed by atoms with Crippen molar-refractivity contribution in [3.8, 4) is 0 Å². The molecule has 0 bridgehead atoms. The third-order valence-corrected chi connectivity index (χ3v) is 7.88. The maximum absolute atomic E-state index is 6.95. The van der Waals surface area contributed by atoms with Crippen LogP contribution < -0.4 is 0 Å². The molecule has 0 aliphatic rings. The van der Waals surface area contributed by atoms with Gasteiger partial charge in [-0.3, -0.25) is 0 Å². The maximum Gasteiger partial charge on any atom is 0.146 e. The molecule has 0 spiro atoms. The van der Waals surface area contributed by atoms with Crippen LogP contribution in [0.15, 0.2) is 127 Å². The second kappa shape index (κ2) is 22.3. The van der Waals surface area contributed by atoms with Crippen LogP contribution in [-0.4, -0.2) is 26.6 Å². The molecule has 3 rings (SSSR count). The summed E-state index contributed by atoms with van der Waals surface area (Å²) < 4.78 is 18.2. The first-order valence-electron chi connectivity index (χ1n) is 16.7. The fourth-order valence-electron chi connectivity index (χ4n) is 5.52. The second-order valence-corrected chi connectivity index (χ2v) is 11.3. The molecule has 44 heavy (non-hydrogen) atoms. The molecule has 3 aromatic carbocycles. The van der Waals surface area contributed by atoms with Crippen molar-refractivity contribution in [2.75, 3.05) is 20.5 Å². The number of benzene rings is 3. The van der Waals surface area contributed by atoms with Gasteiger partial charge in [0.05, 0.1) is 6.10 Å². The van der Waals surface area contributed by atoms with Gasteiger partial charge in [-0.1, -0.05) is 147 Å². The van der Waals surface area contributed by atoms with E-state index in [0.717, 1.165) is 61.6 Å². The van der Waals surface area contributed by atoms with Gasteiger partial charge in [-0.2, -0.15) is 0 Å². The Balaban J connectivity index is 1.50. The first kappa shape index (κ1) is 35.2. The zero-order valence-electron chi connectivity index (χ0n) is 27.1. The Bertz CT molecular complexity index is 1090. The van der Waals surface area contributed by atoms with Crippen LogP contribution in [0.25, 0.3) is 0 Å². The Hall–Kier alpha value is -3.24. The topological polar surface area (TPSA) is 27.7 Å². The van der Waals surface area contributed by atoms with Gasteiger partial charge in [-0.25, -0.2) is 0 Å². The Morgan fingerprint density at radius 3 is 1.64 bits per heavy atom. The highest BCUT2D eigenvalue weighted by molar-refractivity contribution is 5.47. The van der Waals surface area contributed by atoms with Crippen LogP contribution in [0.2, 0.25) is 0 Å². The van der Waals surface area contributed by atoms with Gasteiger partial charge in [0.2, 0.25) is 0 Å². The molecule has 0 amide bonds. The molecule has 3 nitrogen and oxygen atoms in total. The van der Waals surface area contributed by atoms with Gasteiger partial charge in [0.25, 0.3) is 0 Å². The number of allylic oxidation sites excluding steroid dienone is 6. The van der Waals surface area contributed by atoms with E-state index in [2.05, 4.69) is 134 Å². The summed E-state index contributed by atoms with van der Waals surface area (Å²) in [4.78, 5) is 0. The molecular formula is C41H54O3. The summed E-state index contributed by atoms with van der Waals surface area (Å²) in [6.45, 7) is 3.23. The minimum absolute atomic E-state index is 0.176. The largest absolute Gasteiger partial charge is 0.361 e. The van der Waals surface area contributed by atoms with E-state index in [4.69, 9.17) is 14.2 Å². The molecular weight excluding hydrogens is 540 g/mol. The predicted octanol–water partition coefficient (Wildman–Crippen LogP) is 11.0. The van der Waals surface area contributed by atoms with E-state index >= 15 is 0 Å². The average molecular weight is 595 g/mol. The van der Waals surface area contributed by atoms with Crippen molar-refractivity contribution in [2.45, 2.75) is 89.3 Å². The molecule has 0 aliphatic carbocycles. The SMILES string of the molecule is CCCCC/C=C\C/C=C\C/C=C\CC[C@H](CCCCOC(c1ccccc1)(c1ccccc1)c1ccccc1)OCOC. The van der Waals surface area contributed by atoms with E-state index in [-0.39, 0.29) is 6.10 Å². The minimum atomic E-state index is -0.667. The Morgan fingerprint density at radius 2 is 1.11 bits per heavy atom. The molecule has 0 saturated heterocycles. The second-order valence-electron chi connectivity index (χ2n) is 11.3. The van der Waals surface area contributed by atoms with E-state index in [9.17, 15) is 0 Å². The van der Waals surface area contributed by atoms with E-state index in [0.29, 0.717) is 13.4 Å². The Morgan fingerprint density at radius 1 is 0.591 bits per heavy atom. The molecule has 0 unspecified atom stereocenters. The number of hydrogen-bond donors (Lipinski definition) is 0. The summed E-state index contributed by atoms with van der Waals surface area (Å²) in [5.41, 5.74) is 2.75. The third-order valence-electron chi connectivity index (χ3n) is 7.88. The van der Waals surface area contributed by atoms with Crippen LogP contribution >= 0.6 is 0 Å². The van der Waals surface area contributed by atoms with E-state index in [1.807, 2.05) is 0 Å². The van der Waals surface area contributed by atoms with Crippen molar-refractivity contribution in [3.05, 3.63) is 144 Å². The maximum atomic E-state index is 6.95. The number of rotatable bonds is 23. The van der Waals surface area contributed by atoms with Gasteiger partial charge >= 0.3 is 0 Å². The molecule has 0 N–H and O–H groups in total. The van der Waals surface area contributed by atoms with Crippen LogP contribution in [-0.2, 0) is 19.8 Å². The Labute approximate surface area is 267 Å². The lowest BCUT2D eigenvalue weighted by Gasteiger charge is -2.36. The van der Waals surface area contributed by atoms with Gasteiger partial charge in [-0.15, -0.1) is 0 Å². The number of ether oxygens (including phenoxy) is 3. The van der Waals surface area contributed by atoms with E-state index < -0.39 is 5.60 Å². The molecule has 1 atom stereocenters. The highest BCUT2D eigenvalue weighted by Crippen LogP contribution is 2.40. The molecule has 0 saturated carbocycles. The monoisotopic (exact) mass is 594 g/mol. The lowest BCUT2D eigenvalue weighted by Crippen LogP contribution is -2.33. The Kier molecular flexibility index (Phi) is 17.9. The summed E-state index contributed by atoms with van der Waals surface area (Å²) in [7, 11) is 1.69. The van der Waals surface area contributed by atoms with Crippen molar-refractivity contribution < 1.29 is 14.2 Å². The smallest absolute Gasteiger partial charge is 0.146 e. The summed E-state index contributed by atoms with van der Waals surface area (Å²) in [6.07, 6.45) is 25.9. The lowest BCUT2D eigenvalue weighted by molar-refractivity contribution is -0.0774. The average Bonchev–Trinajstić information content (AvgIpc) is 3.08. The molecule has 0 heterocycles. The van der Waals surface area contributed by atoms with Crippen molar-refractivity contribution in [3.63, 3.8) is 0 Å². The summed E-state index contributed by atoms with van der Waals surface area (Å²) in [5, 5.41) is 0. The molecule has 0 radical (unpaired) electrons. The highest BCUT2D eigenvalue weighted by atomic mass is 16.7. The van der Waals surface area contributed by atoms with Gasteiger partial charge in [0.15, 0.2) is 0 Å². The number of methoxy groups -OCH3 is 1. The minimum Gasteiger partial charge on any atom is -0.361 e. The quantitative estimate of drug-likeness (QED) is 0.0473. The molecule has 236 valence electrons. The van der Waals surface area contributed by atoms with Crippen LogP contribution in [0.3, 0.4) is 0 Å². The van der Waals surface area contributed by atoms with Crippen LogP contribution in [0.1, 0.15) is 94.2 Å². The standard InChI is InChI=1S/C41H54O3/c1-3-4-5-6-7-8-9-10-11-12-13-14-24-33-40(43-36-42-2)34-25-26-35-44-41(37-27-18-15-19-28-37,38-29-20-16-21-30-38)39-31-22-17-23-32-39/h7-8,10-11,13-23,27-32,40H,3-6,9,12,24-26,33-36H2,1-2H3/b8-7-,11-10-,14-13-/t40-/m1/s1. The predicted molar refractivity (Wildman–Crippen MR) is 186 cm³/mol. The molecule has 0 aliphatic heterocycles. The van der Waals surface area contributed by atoms with Gasteiger partial charge < -0.3 is 14.2 Å². The zero-order valence-corrected chi connectivity index (χ0v) is 27.1. The van der Waals surface area contributed by atoms with Crippen molar-refractivity contribution >= 4 is 0 Å².